The summed E-state index contributed by atoms with van der Waals surface area (Å²) in [4.78, 5) is 16.2. The van der Waals surface area contributed by atoms with Crippen LogP contribution in [0.2, 0.25) is 5.15 Å². The summed E-state index contributed by atoms with van der Waals surface area (Å²) >= 11 is 5.88. The van der Waals surface area contributed by atoms with Crippen molar-refractivity contribution in [1.82, 2.24) is 10.3 Å². The molecule has 1 heterocycles. The second kappa shape index (κ2) is 8.23. The largest absolute Gasteiger partial charge is 0.468 e. The number of alkyl halides is 3. The molecule has 1 aliphatic rings. The maximum Gasteiger partial charge on any atom is 0.422 e. The molecule has 1 fully saturated rings. The molecule has 0 bridgehead atoms. The summed E-state index contributed by atoms with van der Waals surface area (Å²) in [6.07, 6.45) is -4.34. The zero-order valence-corrected chi connectivity index (χ0v) is 16.9. The Labute approximate surface area is 179 Å². The Hall–Kier alpha value is -2.46. The second-order valence-corrected chi connectivity index (χ2v) is 7.99. The number of aliphatic hydroxyl groups is 1. The minimum absolute atomic E-state index is 0.129. The molecule has 1 aromatic heterocycles. The van der Waals surface area contributed by atoms with Crippen LogP contribution in [-0.2, 0) is 15.9 Å². The second-order valence-electron chi connectivity index (χ2n) is 7.60. The molecule has 0 radical (unpaired) electrons. The number of amides is 1. The van der Waals surface area contributed by atoms with E-state index in [-0.39, 0.29) is 11.0 Å². The molecule has 1 saturated carbocycles. The summed E-state index contributed by atoms with van der Waals surface area (Å²) in [5, 5.41) is 13.1. The molecule has 3 rings (SSSR count). The zero-order valence-electron chi connectivity index (χ0n) is 16.2. The normalized spacial score (nSPS) is 17.0. The molecule has 2 N–H and O–H groups in total. The first-order valence-electron chi connectivity index (χ1n) is 9.17. The van der Waals surface area contributed by atoms with Gasteiger partial charge in [-0.2, -0.15) is 13.2 Å². The molecule has 0 aliphatic heterocycles. The van der Waals surface area contributed by atoms with Gasteiger partial charge in [0.2, 0.25) is 11.8 Å². The third-order valence-corrected chi connectivity index (χ3v) is 5.04. The van der Waals surface area contributed by atoms with Crippen molar-refractivity contribution in [1.29, 1.82) is 0 Å². The predicted octanol–water partition coefficient (Wildman–Crippen LogP) is 4.36. The van der Waals surface area contributed by atoms with Gasteiger partial charge in [-0.1, -0.05) is 17.7 Å². The highest BCUT2D eigenvalue weighted by atomic mass is 35.5. The lowest BCUT2D eigenvalue weighted by molar-refractivity contribution is -0.154. The van der Waals surface area contributed by atoms with Crippen LogP contribution in [0.25, 0.3) is 0 Å². The Morgan fingerprint density at radius 3 is 2.42 bits per heavy atom. The van der Waals surface area contributed by atoms with E-state index in [1.165, 1.54) is 12.1 Å². The molecular formula is C20H18ClF5N2O3. The number of rotatable bonds is 7. The molecule has 168 valence electrons. The molecular weight excluding hydrogens is 447 g/mol. The molecule has 1 amide bonds. The predicted molar refractivity (Wildman–Crippen MR) is 100 cm³/mol. The van der Waals surface area contributed by atoms with Crippen LogP contribution in [0.5, 0.6) is 5.88 Å². The van der Waals surface area contributed by atoms with Crippen molar-refractivity contribution in [2.75, 3.05) is 6.61 Å². The van der Waals surface area contributed by atoms with Crippen LogP contribution < -0.4 is 10.1 Å². The fourth-order valence-electron chi connectivity index (χ4n) is 3.31. The van der Waals surface area contributed by atoms with Crippen molar-refractivity contribution in [3.63, 3.8) is 0 Å². The van der Waals surface area contributed by atoms with Gasteiger partial charge in [0.15, 0.2) is 6.61 Å². The molecule has 31 heavy (non-hydrogen) atoms. The van der Waals surface area contributed by atoms with Gasteiger partial charge in [0.25, 0.3) is 0 Å². The number of nitrogens with zero attached hydrogens (tertiary/aromatic N) is 1. The smallest absolute Gasteiger partial charge is 0.422 e. The molecule has 1 aliphatic carbocycles. The summed E-state index contributed by atoms with van der Waals surface area (Å²) < 4.78 is 69.8. The van der Waals surface area contributed by atoms with Gasteiger partial charge >= 0.3 is 6.18 Å². The summed E-state index contributed by atoms with van der Waals surface area (Å²) in [5.41, 5.74) is -3.35. The van der Waals surface area contributed by atoms with Crippen LogP contribution in [0, 0.1) is 11.6 Å². The molecule has 0 saturated heterocycles. The van der Waals surface area contributed by atoms with Gasteiger partial charge in [-0.15, -0.1) is 0 Å². The van der Waals surface area contributed by atoms with E-state index in [4.69, 9.17) is 11.6 Å². The Balaban J connectivity index is 1.75. The molecule has 1 atom stereocenters. The van der Waals surface area contributed by atoms with Crippen molar-refractivity contribution in [3.05, 3.63) is 58.2 Å². The first kappa shape index (κ1) is 23.2. The van der Waals surface area contributed by atoms with E-state index in [0.29, 0.717) is 18.4 Å². The highest BCUT2D eigenvalue weighted by Gasteiger charge is 2.47. The average molecular weight is 465 g/mol. The van der Waals surface area contributed by atoms with Gasteiger partial charge in [-0.25, -0.2) is 13.8 Å². The van der Waals surface area contributed by atoms with E-state index in [1.54, 1.807) is 0 Å². The number of aromatic nitrogens is 1. The van der Waals surface area contributed by atoms with Gasteiger partial charge in [0.05, 0.1) is 17.5 Å². The maximum atomic E-state index is 14.0. The highest BCUT2D eigenvalue weighted by Crippen LogP contribution is 2.47. The van der Waals surface area contributed by atoms with Crippen molar-refractivity contribution >= 4 is 17.5 Å². The number of hydrogen-bond donors (Lipinski definition) is 2. The van der Waals surface area contributed by atoms with E-state index >= 15 is 0 Å². The van der Waals surface area contributed by atoms with Crippen molar-refractivity contribution < 1.29 is 36.6 Å². The number of ether oxygens (including phenoxy) is 1. The van der Waals surface area contributed by atoms with Crippen LogP contribution >= 0.6 is 11.6 Å². The Kier molecular flexibility index (Phi) is 6.16. The van der Waals surface area contributed by atoms with Crippen LogP contribution in [0.15, 0.2) is 30.3 Å². The lowest BCUT2D eigenvalue weighted by Gasteiger charge is -2.26. The fourth-order valence-corrected chi connectivity index (χ4v) is 3.51. The highest BCUT2D eigenvalue weighted by molar-refractivity contribution is 6.29. The summed E-state index contributed by atoms with van der Waals surface area (Å²) in [6, 6.07) is 5.68. The number of pyridine rings is 1. The average Bonchev–Trinajstić information content (AvgIpc) is 3.38. The van der Waals surface area contributed by atoms with Gasteiger partial charge in [0, 0.05) is 6.07 Å². The monoisotopic (exact) mass is 464 g/mol. The van der Waals surface area contributed by atoms with Gasteiger partial charge in [0.1, 0.15) is 22.4 Å². The number of halogens is 6. The third kappa shape index (κ3) is 5.62. The first-order chi connectivity index (χ1) is 14.3. The summed E-state index contributed by atoms with van der Waals surface area (Å²) in [6.45, 7) is -0.448. The Morgan fingerprint density at radius 2 is 1.87 bits per heavy atom. The van der Waals surface area contributed by atoms with Gasteiger partial charge in [-0.05, 0) is 43.5 Å². The van der Waals surface area contributed by atoms with E-state index < -0.39 is 53.4 Å². The fraction of sp³-hybridized carbons (Fsp3) is 0.400. The third-order valence-electron chi connectivity index (χ3n) is 4.84. The van der Waals surface area contributed by atoms with E-state index in [2.05, 4.69) is 15.0 Å². The summed E-state index contributed by atoms with van der Waals surface area (Å²) in [5.74, 6) is -3.06. The van der Waals surface area contributed by atoms with Gasteiger partial charge < -0.3 is 15.2 Å². The maximum absolute atomic E-state index is 14.0. The van der Waals surface area contributed by atoms with Crippen molar-refractivity contribution in [2.24, 2.45) is 0 Å². The summed E-state index contributed by atoms with van der Waals surface area (Å²) in [7, 11) is 0. The molecule has 0 unspecified atom stereocenters. The number of carbonyl (C=O) groups is 1. The Morgan fingerprint density at radius 1 is 1.26 bits per heavy atom. The zero-order chi connectivity index (χ0) is 23.0. The van der Waals surface area contributed by atoms with E-state index in [9.17, 15) is 31.9 Å². The first-order valence-corrected chi connectivity index (χ1v) is 9.55. The van der Waals surface area contributed by atoms with E-state index in [0.717, 1.165) is 25.1 Å². The minimum atomic E-state index is -4.57. The number of carbonyl (C=O) groups excluding carboxylic acids is 1. The van der Waals surface area contributed by atoms with Crippen molar-refractivity contribution in [3.8, 4) is 5.88 Å². The molecule has 0 spiro atoms. The number of nitrogens with one attached hydrogen (secondary N) is 1. The number of benzene rings is 1. The van der Waals surface area contributed by atoms with Crippen LogP contribution in [0.1, 0.15) is 37.3 Å². The molecule has 2 aromatic rings. The van der Waals surface area contributed by atoms with Crippen LogP contribution in [0.3, 0.4) is 0 Å². The minimum Gasteiger partial charge on any atom is -0.468 e. The Bertz CT molecular complexity index is 973. The SMILES string of the molecule is C[C@@](O)(CC(=O)NC1(c2cc(Cl)nc(OCC(F)(F)F)c2)CC1)c1c(F)cccc1F. The molecule has 11 heteroatoms. The van der Waals surface area contributed by atoms with Crippen LogP contribution in [0.4, 0.5) is 22.0 Å². The quantitative estimate of drug-likeness (QED) is 0.472. The topological polar surface area (TPSA) is 71.5 Å². The molecule has 1 aromatic carbocycles. The molecule has 5 nitrogen and oxygen atoms in total. The lowest BCUT2D eigenvalue weighted by atomic mass is 9.90. The standard InChI is InChI=1S/C20H18ClF5N2O3/c1-18(30,17-12(22)3-2-4-13(17)23)9-15(29)28-19(5-6-19)11-7-14(21)27-16(8-11)31-10-20(24,25)26/h2-4,7-8,30H,5-6,9-10H2,1H3,(H,28,29)/t18-/m1/s1. The number of hydrogen-bond acceptors (Lipinski definition) is 4. The lowest BCUT2D eigenvalue weighted by Crippen LogP contribution is -2.39. The van der Waals surface area contributed by atoms with Gasteiger partial charge in [-0.3, -0.25) is 4.79 Å². The van der Waals surface area contributed by atoms with Crippen LogP contribution in [-0.4, -0.2) is 28.8 Å². The van der Waals surface area contributed by atoms with E-state index in [1.807, 2.05) is 0 Å². The van der Waals surface area contributed by atoms with Crippen molar-refractivity contribution in [2.45, 2.75) is 43.5 Å².